The van der Waals surface area contributed by atoms with Crippen molar-refractivity contribution < 1.29 is 14.3 Å². The van der Waals surface area contributed by atoms with Gasteiger partial charge in [0.05, 0.1) is 12.7 Å². The number of hydrogen-bond acceptors (Lipinski definition) is 6. The molecule has 1 saturated heterocycles. The fourth-order valence-electron chi connectivity index (χ4n) is 2.65. The van der Waals surface area contributed by atoms with Gasteiger partial charge in [-0.3, -0.25) is 9.78 Å². The minimum absolute atomic E-state index is 0.0806. The molecule has 0 bridgehead atoms. The second kappa shape index (κ2) is 8.19. The maximum absolute atomic E-state index is 12.1. The zero-order valence-electron chi connectivity index (χ0n) is 14.6. The Morgan fingerprint density at radius 1 is 1.38 bits per heavy atom. The number of aromatic nitrogens is 2. The molecule has 1 aliphatic heterocycles. The van der Waals surface area contributed by atoms with Crippen molar-refractivity contribution in [3.05, 3.63) is 24.3 Å². The number of amides is 1. The number of ether oxygens (including phenoxy) is 1. The molecular weight excluding hydrogens is 308 g/mol. The SMILES string of the molecule is CC(C)(C)OC(=O)N1CCC[C@@H](CNCC(=O)c2cnccn2)C1. The van der Waals surface area contributed by atoms with Gasteiger partial charge in [-0.15, -0.1) is 0 Å². The third-order valence-corrected chi connectivity index (χ3v) is 3.74. The van der Waals surface area contributed by atoms with E-state index in [1.165, 1.54) is 18.6 Å². The number of piperidine rings is 1. The summed E-state index contributed by atoms with van der Waals surface area (Å²) in [4.78, 5) is 33.7. The number of carbonyl (C=O) groups excluding carboxylic acids is 2. The van der Waals surface area contributed by atoms with Gasteiger partial charge >= 0.3 is 6.09 Å². The lowest BCUT2D eigenvalue weighted by Gasteiger charge is -2.34. The molecule has 24 heavy (non-hydrogen) atoms. The van der Waals surface area contributed by atoms with E-state index in [0.717, 1.165) is 19.4 Å². The molecule has 1 aliphatic rings. The van der Waals surface area contributed by atoms with Crippen molar-refractivity contribution >= 4 is 11.9 Å². The first-order valence-electron chi connectivity index (χ1n) is 8.33. The molecule has 1 atom stereocenters. The Labute approximate surface area is 142 Å². The summed E-state index contributed by atoms with van der Waals surface area (Å²) in [6.07, 6.45) is 6.23. The van der Waals surface area contributed by atoms with E-state index in [0.29, 0.717) is 24.7 Å². The molecule has 2 heterocycles. The zero-order chi connectivity index (χ0) is 17.6. The van der Waals surface area contributed by atoms with Crippen LogP contribution >= 0.6 is 0 Å². The van der Waals surface area contributed by atoms with Crippen LogP contribution in [0.2, 0.25) is 0 Å². The smallest absolute Gasteiger partial charge is 0.410 e. The number of nitrogens with one attached hydrogen (secondary N) is 1. The topological polar surface area (TPSA) is 84.4 Å². The number of nitrogens with zero attached hydrogens (tertiary/aromatic N) is 3. The van der Waals surface area contributed by atoms with E-state index in [-0.39, 0.29) is 18.4 Å². The Bertz CT molecular complexity index is 557. The average molecular weight is 334 g/mol. The molecule has 7 heteroatoms. The Kier molecular flexibility index (Phi) is 6.25. The number of likely N-dealkylation sites (tertiary alicyclic amines) is 1. The average Bonchev–Trinajstić information content (AvgIpc) is 2.54. The van der Waals surface area contributed by atoms with Crippen LogP contribution in [0.25, 0.3) is 0 Å². The minimum atomic E-state index is -0.481. The van der Waals surface area contributed by atoms with Crippen molar-refractivity contribution in [3.63, 3.8) is 0 Å². The van der Waals surface area contributed by atoms with Crippen molar-refractivity contribution in [2.45, 2.75) is 39.2 Å². The van der Waals surface area contributed by atoms with Gasteiger partial charge in [-0.25, -0.2) is 9.78 Å². The first-order valence-corrected chi connectivity index (χ1v) is 8.33. The van der Waals surface area contributed by atoms with Crippen molar-refractivity contribution in [2.75, 3.05) is 26.2 Å². The van der Waals surface area contributed by atoms with Gasteiger partial charge in [0.2, 0.25) is 0 Å². The second-order valence-electron chi connectivity index (χ2n) is 7.08. The van der Waals surface area contributed by atoms with Gasteiger partial charge < -0.3 is 15.0 Å². The summed E-state index contributed by atoms with van der Waals surface area (Å²) in [6.45, 7) is 7.89. The van der Waals surface area contributed by atoms with Crippen molar-refractivity contribution in [1.82, 2.24) is 20.2 Å². The third-order valence-electron chi connectivity index (χ3n) is 3.74. The summed E-state index contributed by atoms with van der Waals surface area (Å²) in [5.74, 6) is 0.240. The maximum Gasteiger partial charge on any atom is 0.410 e. The van der Waals surface area contributed by atoms with Crippen LogP contribution in [0.3, 0.4) is 0 Å². The first-order chi connectivity index (χ1) is 11.3. The first kappa shape index (κ1) is 18.3. The summed E-state index contributed by atoms with van der Waals surface area (Å²) < 4.78 is 5.42. The predicted octanol–water partition coefficient (Wildman–Crippen LogP) is 1.90. The van der Waals surface area contributed by atoms with Crippen LogP contribution in [0, 0.1) is 5.92 Å². The molecule has 1 N–H and O–H groups in total. The number of hydrogen-bond donors (Lipinski definition) is 1. The molecule has 0 aliphatic carbocycles. The van der Waals surface area contributed by atoms with E-state index in [4.69, 9.17) is 4.74 Å². The van der Waals surface area contributed by atoms with Gasteiger partial charge in [0, 0.05) is 32.0 Å². The summed E-state index contributed by atoms with van der Waals surface area (Å²) in [6, 6.07) is 0. The maximum atomic E-state index is 12.1. The zero-order valence-corrected chi connectivity index (χ0v) is 14.6. The Balaban J connectivity index is 1.75. The van der Waals surface area contributed by atoms with Crippen LogP contribution in [0.4, 0.5) is 4.79 Å². The molecule has 7 nitrogen and oxygen atoms in total. The fourth-order valence-corrected chi connectivity index (χ4v) is 2.65. The quantitative estimate of drug-likeness (QED) is 0.828. The van der Waals surface area contributed by atoms with Crippen LogP contribution in [-0.2, 0) is 4.74 Å². The second-order valence-corrected chi connectivity index (χ2v) is 7.08. The van der Waals surface area contributed by atoms with Crippen molar-refractivity contribution in [2.24, 2.45) is 5.92 Å². The van der Waals surface area contributed by atoms with Gasteiger partial charge in [-0.05, 0) is 39.5 Å². The highest BCUT2D eigenvalue weighted by Crippen LogP contribution is 2.18. The lowest BCUT2D eigenvalue weighted by Crippen LogP contribution is -2.45. The van der Waals surface area contributed by atoms with Gasteiger partial charge in [-0.1, -0.05) is 0 Å². The molecule has 0 spiro atoms. The van der Waals surface area contributed by atoms with Crippen LogP contribution < -0.4 is 5.32 Å². The predicted molar refractivity (Wildman–Crippen MR) is 89.8 cm³/mol. The van der Waals surface area contributed by atoms with E-state index in [1.807, 2.05) is 20.8 Å². The number of ketones is 1. The Morgan fingerprint density at radius 3 is 2.83 bits per heavy atom. The molecular formula is C17H26N4O3. The van der Waals surface area contributed by atoms with Gasteiger partial charge in [-0.2, -0.15) is 0 Å². The lowest BCUT2D eigenvalue weighted by atomic mass is 9.98. The van der Waals surface area contributed by atoms with Crippen molar-refractivity contribution in [3.8, 4) is 0 Å². The van der Waals surface area contributed by atoms with Crippen molar-refractivity contribution in [1.29, 1.82) is 0 Å². The normalized spacial score (nSPS) is 18.3. The number of carbonyl (C=O) groups is 2. The van der Waals surface area contributed by atoms with E-state index in [1.54, 1.807) is 4.90 Å². The molecule has 0 radical (unpaired) electrons. The van der Waals surface area contributed by atoms with Gasteiger partial charge in [0.1, 0.15) is 11.3 Å². The summed E-state index contributed by atoms with van der Waals surface area (Å²) in [5.41, 5.74) is -0.116. The lowest BCUT2D eigenvalue weighted by molar-refractivity contribution is 0.0166. The van der Waals surface area contributed by atoms with Gasteiger partial charge in [0.25, 0.3) is 0 Å². The molecule has 1 fully saturated rings. The van der Waals surface area contributed by atoms with E-state index < -0.39 is 5.60 Å². The highest BCUT2D eigenvalue weighted by molar-refractivity contribution is 5.95. The van der Waals surface area contributed by atoms with Crippen LogP contribution in [0.1, 0.15) is 44.1 Å². The molecule has 2 rings (SSSR count). The van der Waals surface area contributed by atoms with Crippen LogP contribution in [0.15, 0.2) is 18.6 Å². The summed E-state index contributed by atoms with van der Waals surface area (Å²) in [5, 5.41) is 3.16. The van der Waals surface area contributed by atoms with Gasteiger partial charge in [0.15, 0.2) is 5.78 Å². The number of Topliss-reactive ketones (excluding diaryl/α,β-unsaturated/α-hetero) is 1. The molecule has 1 amide bonds. The van der Waals surface area contributed by atoms with E-state index in [9.17, 15) is 9.59 Å². The van der Waals surface area contributed by atoms with E-state index in [2.05, 4.69) is 15.3 Å². The minimum Gasteiger partial charge on any atom is -0.444 e. The van der Waals surface area contributed by atoms with Crippen LogP contribution in [-0.4, -0.2) is 58.5 Å². The van der Waals surface area contributed by atoms with Crippen LogP contribution in [0.5, 0.6) is 0 Å². The Morgan fingerprint density at radius 2 is 2.17 bits per heavy atom. The molecule has 0 saturated carbocycles. The molecule has 1 aromatic heterocycles. The fraction of sp³-hybridized carbons (Fsp3) is 0.647. The molecule has 0 unspecified atom stereocenters. The third kappa shape index (κ3) is 5.88. The summed E-state index contributed by atoms with van der Waals surface area (Å²) in [7, 11) is 0. The number of rotatable bonds is 5. The molecule has 1 aromatic rings. The summed E-state index contributed by atoms with van der Waals surface area (Å²) >= 11 is 0. The largest absolute Gasteiger partial charge is 0.444 e. The highest BCUT2D eigenvalue weighted by Gasteiger charge is 2.27. The monoisotopic (exact) mass is 334 g/mol. The Hall–Kier alpha value is -2.02. The highest BCUT2D eigenvalue weighted by atomic mass is 16.6. The van der Waals surface area contributed by atoms with E-state index >= 15 is 0 Å². The molecule has 0 aromatic carbocycles. The molecule has 132 valence electrons. The standard InChI is InChI=1S/C17H26N4O3/c1-17(2,3)24-16(23)21-8-4-5-13(12-21)9-19-11-15(22)14-10-18-6-7-20-14/h6-7,10,13,19H,4-5,8-9,11-12H2,1-3H3/t13-/m0/s1.